The predicted octanol–water partition coefficient (Wildman–Crippen LogP) is 2.05. The molecule has 0 saturated carbocycles. The Hall–Kier alpha value is -1.81. The molecule has 20 heavy (non-hydrogen) atoms. The van der Waals surface area contributed by atoms with Crippen LogP contribution >= 0.6 is 0 Å². The molecule has 1 aromatic heterocycles. The van der Waals surface area contributed by atoms with Gasteiger partial charge in [-0.1, -0.05) is 32.0 Å². The smallest absolute Gasteiger partial charge is 0.236 e. The molecule has 0 atom stereocenters. The number of fused-ring (bicyclic) bond motifs is 3. The van der Waals surface area contributed by atoms with Crippen molar-refractivity contribution in [1.29, 1.82) is 0 Å². The number of aromatic amines is 1. The van der Waals surface area contributed by atoms with E-state index in [0.717, 1.165) is 19.5 Å². The molecule has 2 N–H and O–H groups in total. The maximum atomic E-state index is 12.2. The number of carbonyl (C=O) groups excluding carboxylic acids is 1. The Labute approximate surface area is 119 Å². The fourth-order valence-corrected chi connectivity index (χ4v) is 2.78. The van der Waals surface area contributed by atoms with Crippen molar-refractivity contribution < 1.29 is 4.79 Å². The summed E-state index contributed by atoms with van der Waals surface area (Å²) in [6.45, 7) is 6.06. The lowest BCUT2D eigenvalue weighted by Crippen LogP contribution is -2.42. The average Bonchev–Trinajstić information content (AvgIpc) is 2.82. The second-order valence-electron chi connectivity index (χ2n) is 5.73. The zero-order valence-corrected chi connectivity index (χ0v) is 12.1. The van der Waals surface area contributed by atoms with Gasteiger partial charge in [-0.25, -0.2) is 0 Å². The summed E-state index contributed by atoms with van der Waals surface area (Å²) in [5.74, 6) is 0.189. The first-order valence-electron chi connectivity index (χ1n) is 7.25. The second-order valence-corrected chi connectivity index (χ2v) is 5.73. The summed E-state index contributed by atoms with van der Waals surface area (Å²) in [5.41, 5.74) is 3.74. The number of para-hydroxylation sites is 1. The van der Waals surface area contributed by atoms with Crippen LogP contribution in [0.25, 0.3) is 10.9 Å². The zero-order valence-electron chi connectivity index (χ0n) is 12.1. The maximum absolute atomic E-state index is 12.2. The molecule has 2 heterocycles. The Morgan fingerprint density at radius 1 is 1.40 bits per heavy atom. The number of rotatable bonds is 3. The highest BCUT2D eigenvalue weighted by Crippen LogP contribution is 2.27. The summed E-state index contributed by atoms with van der Waals surface area (Å²) in [6, 6.07) is 8.66. The Morgan fingerprint density at radius 2 is 2.20 bits per heavy atom. The van der Waals surface area contributed by atoms with Gasteiger partial charge >= 0.3 is 0 Å². The Balaban J connectivity index is 1.79. The van der Waals surface area contributed by atoms with Crippen molar-refractivity contribution in [3.63, 3.8) is 0 Å². The fourth-order valence-electron chi connectivity index (χ4n) is 2.78. The van der Waals surface area contributed by atoms with Crippen LogP contribution in [0.4, 0.5) is 0 Å². The summed E-state index contributed by atoms with van der Waals surface area (Å²) in [7, 11) is 0. The van der Waals surface area contributed by atoms with Crippen LogP contribution in [-0.2, 0) is 17.8 Å². The van der Waals surface area contributed by atoms with E-state index >= 15 is 0 Å². The molecular formula is C16H21N3O. The van der Waals surface area contributed by atoms with Crippen LogP contribution in [0.2, 0.25) is 0 Å². The minimum absolute atomic E-state index is 0.189. The molecule has 0 saturated heterocycles. The zero-order chi connectivity index (χ0) is 14.1. The molecule has 0 unspecified atom stereocenters. The molecule has 0 fully saturated rings. The van der Waals surface area contributed by atoms with Crippen molar-refractivity contribution in [2.75, 3.05) is 13.1 Å². The van der Waals surface area contributed by atoms with Gasteiger partial charge in [-0.15, -0.1) is 0 Å². The van der Waals surface area contributed by atoms with Gasteiger partial charge in [-0.2, -0.15) is 0 Å². The summed E-state index contributed by atoms with van der Waals surface area (Å²) < 4.78 is 0. The van der Waals surface area contributed by atoms with Crippen LogP contribution in [0.15, 0.2) is 24.3 Å². The SMILES string of the molecule is CC(C)NCC(=O)N1CCc2[nH]c3ccccc3c2C1. The van der Waals surface area contributed by atoms with Crippen LogP contribution in [0.5, 0.6) is 0 Å². The van der Waals surface area contributed by atoms with Gasteiger partial charge in [0.05, 0.1) is 6.54 Å². The molecule has 4 nitrogen and oxygen atoms in total. The summed E-state index contributed by atoms with van der Waals surface area (Å²) in [4.78, 5) is 17.7. The molecule has 1 aliphatic heterocycles. The number of carbonyl (C=O) groups is 1. The number of aromatic nitrogens is 1. The molecule has 0 bridgehead atoms. The van der Waals surface area contributed by atoms with E-state index < -0.39 is 0 Å². The van der Waals surface area contributed by atoms with Gasteiger partial charge in [0.15, 0.2) is 0 Å². The van der Waals surface area contributed by atoms with Crippen molar-refractivity contribution in [1.82, 2.24) is 15.2 Å². The van der Waals surface area contributed by atoms with E-state index in [9.17, 15) is 4.79 Å². The summed E-state index contributed by atoms with van der Waals surface area (Å²) in [5, 5.41) is 4.45. The van der Waals surface area contributed by atoms with Gasteiger partial charge in [0, 0.05) is 47.7 Å². The number of H-pyrrole nitrogens is 1. The molecule has 1 aromatic carbocycles. The third kappa shape index (κ3) is 2.43. The van der Waals surface area contributed by atoms with Crippen molar-refractivity contribution in [3.05, 3.63) is 35.5 Å². The Morgan fingerprint density at radius 3 is 3.00 bits per heavy atom. The third-order valence-corrected chi connectivity index (χ3v) is 3.90. The van der Waals surface area contributed by atoms with Crippen LogP contribution < -0.4 is 5.32 Å². The number of hydrogen-bond acceptors (Lipinski definition) is 2. The molecule has 0 radical (unpaired) electrons. The average molecular weight is 271 g/mol. The van der Waals surface area contributed by atoms with E-state index in [4.69, 9.17) is 0 Å². The molecule has 4 heteroatoms. The fraction of sp³-hybridized carbons (Fsp3) is 0.438. The summed E-state index contributed by atoms with van der Waals surface area (Å²) in [6.07, 6.45) is 0.914. The standard InChI is InChI=1S/C16H21N3O/c1-11(2)17-9-16(20)19-8-7-15-13(10-19)12-5-3-4-6-14(12)18-15/h3-6,11,17-18H,7-10H2,1-2H3. The highest BCUT2D eigenvalue weighted by atomic mass is 16.2. The van der Waals surface area contributed by atoms with Gasteiger partial charge in [0.25, 0.3) is 0 Å². The minimum Gasteiger partial charge on any atom is -0.358 e. The lowest BCUT2D eigenvalue weighted by atomic mass is 10.0. The van der Waals surface area contributed by atoms with Crippen LogP contribution in [-0.4, -0.2) is 34.9 Å². The molecular weight excluding hydrogens is 250 g/mol. The van der Waals surface area contributed by atoms with Crippen LogP contribution in [0.1, 0.15) is 25.1 Å². The number of nitrogens with zero attached hydrogens (tertiary/aromatic N) is 1. The van der Waals surface area contributed by atoms with Crippen molar-refractivity contribution >= 4 is 16.8 Å². The van der Waals surface area contributed by atoms with E-state index in [1.165, 1.54) is 22.2 Å². The first-order chi connectivity index (χ1) is 9.65. The first kappa shape index (κ1) is 13.2. The third-order valence-electron chi connectivity index (χ3n) is 3.90. The first-order valence-corrected chi connectivity index (χ1v) is 7.25. The monoisotopic (exact) mass is 271 g/mol. The molecule has 3 rings (SSSR count). The summed E-state index contributed by atoms with van der Waals surface area (Å²) >= 11 is 0. The lowest BCUT2D eigenvalue weighted by Gasteiger charge is -2.27. The minimum atomic E-state index is 0.189. The second kappa shape index (κ2) is 5.29. The molecule has 0 aliphatic carbocycles. The predicted molar refractivity (Wildman–Crippen MR) is 80.6 cm³/mol. The number of amides is 1. The van der Waals surface area contributed by atoms with Crippen molar-refractivity contribution in [2.24, 2.45) is 0 Å². The van der Waals surface area contributed by atoms with Crippen LogP contribution in [0, 0.1) is 0 Å². The van der Waals surface area contributed by atoms with E-state index in [-0.39, 0.29) is 5.91 Å². The molecule has 2 aromatic rings. The van der Waals surface area contributed by atoms with Gasteiger partial charge < -0.3 is 15.2 Å². The van der Waals surface area contributed by atoms with Crippen LogP contribution in [0.3, 0.4) is 0 Å². The molecule has 1 aliphatic rings. The number of benzene rings is 1. The normalized spacial score (nSPS) is 14.8. The van der Waals surface area contributed by atoms with Gasteiger partial charge in [0.1, 0.15) is 0 Å². The maximum Gasteiger partial charge on any atom is 0.236 e. The highest BCUT2D eigenvalue weighted by molar-refractivity contribution is 5.86. The van der Waals surface area contributed by atoms with Gasteiger partial charge in [-0.05, 0) is 6.07 Å². The largest absolute Gasteiger partial charge is 0.358 e. The van der Waals surface area contributed by atoms with E-state index in [1.807, 2.05) is 11.0 Å². The number of nitrogens with one attached hydrogen (secondary N) is 2. The molecule has 1 amide bonds. The Bertz CT molecular complexity index is 630. The van der Waals surface area contributed by atoms with E-state index in [2.05, 4.69) is 42.3 Å². The van der Waals surface area contributed by atoms with Gasteiger partial charge in [0.2, 0.25) is 5.91 Å². The van der Waals surface area contributed by atoms with E-state index in [0.29, 0.717) is 12.6 Å². The quantitative estimate of drug-likeness (QED) is 0.897. The van der Waals surface area contributed by atoms with Gasteiger partial charge in [-0.3, -0.25) is 4.79 Å². The molecule has 106 valence electrons. The Kier molecular flexibility index (Phi) is 3.49. The van der Waals surface area contributed by atoms with Crippen molar-refractivity contribution in [2.45, 2.75) is 32.9 Å². The van der Waals surface area contributed by atoms with Crippen molar-refractivity contribution in [3.8, 4) is 0 Å². The topological polar surface area (TPSA) is 48.1 Å². The lowest BCUT2D eigenvalue weighted by molar-refractivity contribution is -0.131. The number of hydrogen-bond donors (Lipinski definition) is 2. The molecule has 0 spiro atoms. The van der Waals surface area contributed by atoms with E-state index in [1.54, 1.807) is 0 Å². The highest BCUT2D eigenvalue weighted by Gasteiger charge is 2.23.